The van der Waals surface area contributed by atoms with Crippen LogP contribution in [0.15, 0.2) is 0 Å². The first-order chi connectivity index (χ1) is 8.44. The monoisotopic (exact) mass is 264 g/mol. The summed E-state index contributed by atoms with van der Waals surface area (Å²) in [7, 11) is 0. The number of carbonyl (C=O) groups is 1. The number of hydrogen-bond donors (Lipinski definition) is 1. The van der Waals surface area contributed by atoms with Gasteiger partial charge >= 0.3 is 0 Å². The van der Waals surface area contributed by atoms with E-state index < -0.39 is 18.6 Å². The van der Waals surface area contributed by atoms with Crippen LogP contribution in [0.3, 0.4) is 0 Å². The van der Waals surface area contributed by atoms with Gasteiger partial charge in [-0.2, -0.15) is 0 Å². The maximum atomic E-state index is 12.2. The Labute approximate surface area is 107 Å². The molecule has 0 aromatic heterocycles. The van der Waals surface area contributed by atoms with E-state index in [1.807, 2.05) is 20.8 Å². The molecule has 0 saturated carbocycles. The first-order valence-corrected chi connectivity index (χ1v) is 6.39. The summed E-state index contributed by atoms with van der Waals surface area (Å²) in [5.41, 5.74) is -0.538. The molecule has 1 N–H and O–H groups in total. The fraction of sp³-hybridized carbons (Fsp3) is 0.917. The highest BCUT2D eigenvalue weighted by Gasteiger charge is 2.45. The van der Waals surface area contributed by atoms with E-state index >= 15 is 0 Å². The van der Waals surface area contributed by atoms with E-state index in [1.165, 1.54) is 0 Å². The number of halogens is 2. The van der Waals surface area contributed by atoms with Crippen molar-refractivity contribution in [3.63, 3.8) is 0 Å². The zero-order valence-electron chi connectivity index (χ0n) is 11.2. The predicted octanol–water partition coefficient (Wildman–Crippen LogP) is 1.60. The smallest absolute Gasteiger partial charge is 0.261 e. The highest BCUT2D eigenvalue weighted by molar-refractivity contribution is 5.88. The number of nitrogens with zero attached hydrogens (tertiary/aromatic N) is 1. The van der Waals surface area contributed by atoms with Gasteiger partial charge in [0.15, 0.2) is 0 Å². The topological polar surface area (TPSA) is 41.6 Å². The van der Waals surface area contributed by atoms with Gasteiger partial charge in [0.1, 0.15) is 6.61 Å². The molecule has 1 aliphatic heterocycles. The van der Waals surface area contributed by atoms with E-state index in [4.69, 9.17) is 4.74 Å². The Balaban J connectivity index is 2.50. The lowest BCUT2D eigenvalue weighted by Gasteiger charge is -2.23. The second kappa shape index (κ2) is 6.43. The minimum Gasteiger partial charge on any atom is -0.374 e. The fourth-order valence-electron chi connectivity index (χ4n) is 2.13. The van der Waals surface area contributed by atoms with E-state index in [0.29, 0.717) is 13.0 Å². The SMILES string of the molecule is CCC1NC(C)(CC)C(=O)N1CCOCC(F)F. The van der Waals surface area contributed by atoms with Crippen LogP contribution in [0, 0.1) is 0 Å². The van der Waals surface area contributed by atoms with Crippen LogP contribution < -0.4 is 5.32 Å². The molecule has 1 fully saturated rings. The van der Waals surface area contributed by atoms with Crippen LogP contribution in [0.25, 0.3) is 0 Å². The van der Waals surface area contributed by atoms with Crippen LogP contribution in [0.2, 0.25) is 0 Å². The summed E-state index contributed by atoms with van der Waals surface area (Å²) in [5, 5.41) is 3.29. The highest BCUT2D eigenvalue weighted by atomic mass is 19.3. The number of ether oxygens (including phenoxy) is 1. The van der Waals surface area contributed by atoms with Crippen molar-refractivity contribution in [1.82, 2.24) is 10.2 Å². The zero-order valence-corrected chi connectivity index (χ0v) is 11.2. The van der Waals surface area contributed by atoms with Crippen LogP contribution in [0.4, 0.5) is 8.78 Å². The highest BCUT2D eigenvalue weighted by Crippen LogP contribution is 2.24. The van der Waals surface area contributed by atoms with E-state index in [2.05, 4.69) is 5.32 Å². The lowest BCUT2D eigenvalue weighted by Crippen LogP contribution is -2.43. The molecule has 1 saturated heterocycles. The molecule has 2 atom stereocenters. The molecule has 0 aromatic rings. The molecule has 106 valence electrons. The standard InChI is InChI=1S/C12H22F2N2O2/c1-4-10-15-12(3,5-2)11(17)16(10)6-7-18-8-9(13)14/h9-10,15H,4-8H2,1-3H3. The Morgan fingerprint density at radius 3 is 2.67 bits per heavy atom. The van der Waals surface area contributed by atoms with Crippen molar-refractivity contribution in [3.8, 4) is 0 Å². The minimum atomic E-state index is -2.46. The molecule has 0 bridgehead atoms. The number of hydrogen-bond acceptors (Lipinski definition) is 3. The third kappa shape index (κ3) is 3.38. The normalized spacial score (nSPS) is 28.4. The van der Waals surface area contributed by atoms with Gasteiger partial charge in [0.25, 0.3) is 6.43 Å². The molecule has 0 spiro atoms. The van der Waals surface area contributed by atoms with Crippen LogP contribution in [-0.4, -0.2) is 48.7 Å². The number of alkyl halides is 2. The Morgan fingerprint density at radius 2 is 2.17 bits per heavy atom. The van der Waals surface area contributed by atoms with Gasteiger partial charge in [-0.1, -0.05) is 13.8 Å². The van der Waals surface area contributed by atoms with E-state index in [0.717, 1.165) is 6.42 Å². The molecule has 1 aliphatic rings. The van der Waals surface area contributed by atoms with E-state index in [-0.39, 0.29) is 18.7 Å². The van der Waals surface area contributed by atoms with Crippen molar-refractivity contribution in [1.29, 1.82) is 0 Å². The Morgan fingerprint density at radius 1 is 1.50 bits per heavy atom. The largest absolute Gasteiger partial charge is 0.374 e. The van der Waals surface area contributed by atoms with Crippen LogP contribution in [0.1, 0.15) is 33.6 Å². The van der Waals surface area contributed by atoms with Gasteiger partial charge in [-0.15, -0.1) is 0 Å². The Hall–Kier alpha value is -0.750. The van der Waals surface area contributed by atoms with Crippen LogP contribution >= 0.6 is 0 Å². The quantitative estimate of drug-likeness (QED) is 0.710. The summed E-state index contributed by atoms with van der Waals surface area (Å²) >= 11 is 0. The first-order valence-electron chi connectivity index (χ1n) is 6.39. The van der Waals surface area contributed by atoms with Gasteiger partial charge in [0.05, 0.1) is 18.3 Å². The van der Waals surface area contributed by atoms with Crippen molar-refractivity contribution in [3.05, 3.63) is 0 Å². The molecule has 18 heavy (non-hydrogen) atoms. The third-order valence-electron chi connectivity index (χ3n) is 3.41. The molecular formula is C12H22F2N2O2. The first kappa shape index (κ1) is 15.3. The molecule has 1 amide bonds. The van der Waals surface area contributed by atoms with Gasteiger partial charge in [-0.05, 0) is 19.8 Å². The lowest BCUT2D eigenvalue weighted by molar-refractivity contribution is -0.133. The molecule has 4 nitrogen and oxygen atoms in total. The van der Waals surface area contributed by atoms with Crippen molar-refractivity contribution < 1.29 is 18.3 Å². The van der Waals surface area contributed by atoms with Gasteiger partial charge in [0, 0.05) is 6.54 Å². The minimum absolute atomic E-state index is 0.0255. The third-order valence-corrected chi connectivity index (χ3v) is 3.41. The molecule has 0 aromatic carbocycles. The molecule has 0 aliphatic carbocycles. The molecule has 2 unspecified atom stereocenters. The second-order valence-electron chi connectivity index (χ2n) is 4.72. The summed E-state index contributed by atoms with van der Waals surface area (Å²) in [6.07, 6.45) is -0.995. The molecule has 1 rings (SSSR count). The summed E-state index contributed by atoms with van der Waals surface area (Å²) in [6, 6.07) is 0. The molecule has 1 heterocycles. The van der Waals surface area contributed by atoms with Gasteiger partial charge in [-0.25, -0.2) is 8.78 Å². The van der Waals surface area contributed by atoms with Gasteiger partial charge in [-0.3, -0.25) is 10.1 Å². The average molecular weight is 264 g/mol. The molecule has 0 radical (unpaired) electrons. The van der Waals surface area contributed by atoms with Crippen molar-refractivity contribution >= 4 is 5.91 Å². The van der Waals surface area contributed by atoms with E-state index in [1.54, 1.807) is 4.90 Å². The van der Waals surface area contributed by atoms with Gasteiger partial charge in [0.2, 0.25) is 5.91 Å². The lowest BCUT2D eigenvalue weighted by atomic mass is 9.99. The van der Waals surface area contributed by atoms with Crippen LogP contribution in [0.5, 0.6) is 0 Å². The predicted molar refractivity (Wildman–Crippen MR) is 64.4 cm³/mol. The maximum absolute atomic E-state index is 12.2. The molecular weight excluding hydrogens is 242 g/mol. The van der Waals surface area contributed by atoms with Crippen molar-refractivity contribution in [2.24, 2.45) is 0 Å². The van der Waals surface area contributed by atoms with E-state index in [9.17, 15) is 13.6 Å². The number of amides is 1. The van der Waals surface area contributed by atoms with Crippen molar-refractivity contribution in [2.45, 2.75) is 51.7 Å². The molecule has 6 heteroatoms. The summed E-state index contributed by atoms with van der Waals surface area (Å²) in [5.74, 6) is 0.0255. The van der Waals surface area contributed by atoms with Gasteiger partial charge < -0.3 is 9.64 Å². The zero-order chi connectivity index (χ0) is 13.8. The number of nitrogens with one attached hydrogen (secondary N) is 1. The Bertz CT molecular complexity index is 289. The average Bonchev–Trinajstić information content (AvgIpc) is 2.58. The van der Waals surface area contributed by atoms with Crippen molar-refractivity contribution in [2.75, 3.05) is 19.8 Å². The number of carbonyl (C=O) groups excluding carboxylic acids is 1. The Kier molecular flexibility index (Phi) is 5.47. The fourth-order valence-corrected chi connectivity index (χ4v) is 2.13. The summed E-state index contributed by atoms with van der Waals surface area (Å²) in [6.45, 7) is 5.74. The second-order valence-corrected chi connectivity index (χ2v) is 4.72. The van der Waals surface area contributed by atoms with Crippen LogP contribution in [-0.2, 0) is 9.53 Å². The summed E-state index contributed by atoms with van der Waals surface area (Å²) in [4.78, 5) is 13.9. The number of rotatable bonds is 7. The summed E-state index contributed by atoms with van der Waals surface area (Å²) < 4.78 is 28.7. The maximum Gasteiger partial charge on any atom is 0.261 e.